The number of aliphatic hydroxyl groups is 6. The number of amidine groups is 3. The summed E-state index contributed by atoms with van der Waals surface area (Å²) in [5.41, 5.74) is 21.8. The minimum atomic E-state index is -1.07. The second-order valence-electron chi connectivity index (χ2n) is 31.1. The van der Waals surface area contributed by atoms with Crippen molar-refractivity contribution in [3.8, 4) is 63.2 Å². The van der Waals surface area contributed by atoms with Crippen LogP contribution < -0.4 is 21.9 Å². The third kappa shape index (κ3) is 45.0. The van der Waals surface area contributed by atoms with Gasteiger partial charge in [-0.3, -0.25) is 15.0 Å². The van der Waals surface area contributed by atoms with E-state index in [4.69, 9.17) is 62.8 Å². The van der Waals surface area contributed by atoms with E-state index in [1.807, 2.05) is 95.3 Å². The number of alkyl halides is 1. The number of nitrogens with two attached hydrogens (primary N) is 3. The summed E-state index contributed by atoms with van der Waals surface area (Å²) in [6.07, 6.45) is -2.87. The van der Waals surface area contributed by atoms with E-state index in [1.54, 1.807) is 91.8 Å². The fraction of sp³-hybridized carbons (Fsp3) is 0.351. The second kappa shape index (κ2) is 60.7. The number of phenolic OH excluding ortho intramolecular Hbond substituents is 10. The highest BCUT2D eigenvalue weighted by atomic mass is 127. The van der Waals surface area contributed by atoms with E-state index >= 15 is 0 Å². The predicted octanol–water partition coefficient (Wildman–Crippen LogP) is 21.2. The first-order chi connectivity index (χ1) is 61.2. The number of phenols is 10. The maximum absolute atomic E-state index is 13.1. The minimum absolute atomic E-state index is 0.00204. The molecule has 0 aromatic heterocycles. The van der Waals surface area contributed by atoms with E-state index in [1.165, 1.54) is 72.8 Å². The molecule has 720 valence electrons. The standard InChI is InChI=1S/C12H17FO4.C10H13FO3.2C10H13FO2.C10H13FO.C9H11BrN2.C9H10FIN2.C9H11FN2.C9H11FO3.C9H11FO2/c1-7(2)11(16)8-5-9(14)12(10(15)6-8)17-4-3-13;1-5(2)10(14)6-3-7(12)9(11)8(13)4-6;1-6(2)10(13)8-5-7(12)3-4-9(8)11;1-6(2)10(13)7-3-4-8(11)9(12)5-7;1-7(2)10(12)8-3-5-9(11)6-4-8;1-7(11)12-6-8-3-2-4-9(10)5-8;1-6(12)13-5-7-2-3-8(10)9(11)4-7;1-7(11)12-6-8-2-4-9(10)5-3-8;1-2-7(11)5-3-8(12)9(13)4-6(5)10;1-2-3-6-4-8(11)9(12)5-7(6)10/h5-7,11,14-16H,3-4H2,1-2H3;3-5,10,12-14H,1-2H3;2*3-6,10,12-13H,1-2H3;3-7,10,12H,1-2H3;2-5H,6H2,1H3,(H2,11,12);2-4H,5H2,1H3,(H2,12,13);2-5H,6H2,1H3,(H2,11,12);3-4,7,11-13H,2H2,1H3;4-5,11-12H,2-3H2,1H3/t;;2*10-;;;;;7-;/m..00....0./s1/i13-1;4*11-1;10-4;4*10-1. The molecule has 0 radical (unpaired) electrons. The molecule has 0 saturated carbocycles. The highest BCUT2D eigenvalue weighted by molar-refractivity contribution is 14.1. The number of rotatable bonds is 23. The maximum Gasteiger partial charge on any atom is 0.206 e. The molecule has 22 N–H and O–H groups in total. The first-order valence-corrected chi connectivity index (χ1v) is 43.0. The van der Waals surface area contributed by atoms with Gasteiger partial charge >= 0.3 is 0 Å². The molecule has 0 saturated heterocycles. The Hall–Kier alpha value is -11.3. The number of benzene rings is 10. The average Bonchev–Trinajstić information content (AvgIpc) is 0.821. The molecule has 0 heterocycles. The summed E-state index contributed by atoms with van der Waals surface area (Å²) < 4.78 is 121. The van der Waals surface area contributed by atoms with Crippen molar-refractivity contribution in [2.45, 2.75) is 179 Å². The number of hydrogen-bond acceptors (Lipinski definition) is 20. The van der Waals surface area contributed by atoms with Crippen molar-refractivity contribution in [1.82, 2.24) is 0 Å². The number of aliphatic imine (C=N–C) groups is 3. The zero-order chi connectivity index (χ0) is 100.0. The largest absolute Gasteiger partial charge is 0.508 e. The van der Waals surface area contributed by atoms with E-state index in [-0.39, 0.29) is 93.5 Å². The summed E-state index contributed by atoms with van der Waals surface area (Å²) in [6, 6.07) is 41.5. The molecule has 10 aromatic rings. The Kier molecular flexibility index (Phi) is 54.5. The van der Waals surface area contributed by atoms with Crippen molar-refractivity contribution in [2.75, 3.05) is 13.3 Å². The zero-order valence-corrected chi connectivity index (χ0v) is 79.3. The average molecular weight is 2010 g/mol. The number of aliphatic hydroxyl groups excluding tert-OH is 6. The Balaban J connectivity index is 0.000000729. The second-order valence-corrected chi connectivity index (χ2v) is 33.1. The number of aromatic hydroxyl groups is 10. The monoisotopic (exact) mass is 2010 g/mol. The van der Waals surface area contributed by atoms with Gasteiger partial charge in [0.05, 0.1) is 73.8 Å². The Morgan fingerprint density at radius 3 is 1.21 bits per heavy atom. The van der Waals surface area contributed by atoms with Crippen LogP contribution in [-0.2, 0) is 26.1 Å². The topological polar surface area (TPSA) is 448 Å². The zero-order valence-electron chi connectivity index (χ0n) is 75.5. The molecule has 34 heteroatoms. The van der Waals surface area contributed by atoms with E-state index < -0.39 is 107 Å². The minimum Gasteiger partial charge on any atom is -0.508 e. The van der Waals surface area contributed by atoms with Crippen molar-refractivity contribution in [2.24, 2.45) is 61.8 Å². The smallest absolute Gasteiger partial charge is 0.206 e. The third-order valence-corrected chi connectivity index (χ3v) is 19.3. The van der Waals surface area contributed by atoms with Gasteiger partial charge in [-0.25, -0.2) is 35.1 Å². The molecule has 10 aromatic carbocycles. The molecule has 3 unspecified atom stereocenters. The third-order valence-electron chi connectivity index (χ3n) is 17.9. The Labute approximate surface area is 781 Å². The first kappa shape index (κ1) is 118. The maximum atomic E-state index is 13.1. The lowest BCUT2D eigenvalue weighted by Crippen LogP contribution is -2.07. The van der Waals surface area contributed by atoms with Crippen LogP contribution in [0.4, 0.5) is 39.5 Å². The van der Waals surface area contributed by atoms with Crippen LogP contribution in [0.5, 0.6) is 63.2 Å². The highest BCUT2D eigenvalue weighted by Gasteiger charge is 2.22. The van der Waals surface area contributed by atoms with Crippen molar-refractivity contribution in [3.05, 3.63) is 286 Å². The van der Waals surface area contributed by atoms with Crippen molar-refractivity contribution in [1.29, 1.82) is 0 Å². The fourth-order valence-electron chi connectivity index (χ4n) is 10.5. The Morgan fingerprint density at radius 1 is 0.382 bits per heavy atom. The van der Waals surface area contributed by atoms with Crippen LogP contribution in [0, 0.1) is 79.7 Å². The van der Waals surface area contributed by atoms with Crippen LogP contribution in [0.15, 0.2) is 195 Å². The number of ether oxygens (including phenoxy) is 1. The fourth-order valence-corrected chi connectivity index (χ4v) is 11.5. The number of hydrogen-bond donors (Lipinski definition) is 19. The van der Waals surface area contributed by atoms with Crippen LogP contribution in [-0.4, -0.2) is 112 Å². The van der Waals surface area contributed by atoms with Crippen LogP contribution >= 0.6 is 38.5 Å². The Bertz CT molecular complexity index is 5120. The summed E-state index contributed by atoms with van der Waals surface area (Å²) in [7, 11) is 0. The molecule has 0 fully saturated rings. The molecule has 0 bridgehead atoms. The summed E-state index contributed by atoms with van der Waals surface area (Å²) in [6.45, 7) is 27.9. The van der Waals surface area contributed by atoms with Crippen LogP contribution in [0.1, 0.15) is 209 Å². The van der Waals surface area contributed by atoms with Crippen molar-refractivity contribution < 1.29 is 126 Å². The van der Waals surface area contributed by atoms with Crippen LogP contribution in [0.3, 0.4) is 0 Å². The summed E-state index contributed by atoms with van der Waals surface area (Å²) in [5.74, 6) is -6.55. The van der Waals surface area contributed by atoms with Crippen LogP contribution in [0.2, 0.25) is 0 Å². The van der Waals surface area contributed by atoms with E-state index in [0.717, 1.165) is 75.6 Å². The summed E-state index contributed by atoms with van der Waals surface area (Å²) >= 11 is 5.34. The lowest BCUT2D eigenvalue weighted by Gasteiger charge is -2.17. The highest BCUT2D eigenvalue weighted by Crippen LogP contribution is 2.41. The van der Waals surface area contributed by atoms with E-state index in [2.05, 4.69) is 30.9 Å². The molecule has 131 heavy (non-hydrogen) atoms. The molecule has 0 aliphatic heterocycles. The normalized spacial score (nSPS) is 12.5. The molecule has 0 amide bonds. The van der Waals surface area contributed by atoms with Gasteiger partial charge in [-0.05, 0) is 246 Å². The van der Waals surface area contributed by atoms with E-state index in [9.17, 15) is 80.4 Å². The molecule has 0 aliphatic carbocycles. The first-order valence-electron chi connectivity index (χ1n) is 41.1. The SMILES string of the molecule is CC(C)C(O)c1cc(O)c(OCC[18F])c(O)c1.CC(C)C(O)c1cc(O)c([18F])c(O)c1.CC(C)C(O)c1ccc([18F])cc1.CC(C)[C@H](O)c1cc(O)ccc1[18F].CC(C)[C@H](O)c1ccc([18F])c(O)c1.CC(N)=NCc1ccc([18F])c(I)c1.CC(N)=NCc1ccc([18F])cc1.CC(N)=NCc1cccc([76Br])c1.CCCc1cc(O)c(O)cc1[18F].CC[C@H](O)c1cc(O)c(O)cc1[18F]. The van der Waals surface area contributed by atoms with Crippen LogP contribution in [0.25, 0.3) is 0 Å². The van der Waals surface area contributed by atoms with Gasteiger partial charge in [0.1, 0.15) is 53.9 Å². The van der Waals surface area contributed by atoms with Gasteiger partial charge in [-0.2, -0.15) is 4.39 Å². The molecule has 6 atom stereocenters. The predicted molar refractivity (Wildman–Crippen MR) is 504 cm³/mol. The molecular formula is C97H123BrF9IN6O17. The molecule has 10 rings (SSSR count). The van der Waals surface area contributed by atoms with Gasteiger partial charge in [0.15, 0.2) is 57.6 Å². The van der Waals surface area contributed by atoms with Gasteiger partial charge in [0.25, 0.3) is 0 Å². The Morgan fingerprint density at radius 2 is 0.771 bits per heavy atom. The van der Waals surface area contributed by atoms with E-state index in [0.29, 0.717) is 75.8 Å². The quantitative estimate of drug-likeness (QED) is 0.00930. The molecule has 0 aliphatic rings. The number of nitrogens with zero attached hydrogens (tertiary/aromatic N) is 3. The van der Waals surface area contributed by atoms with Gasteiger partial charge < -0.3 is 104 Å². The molecular weight excluding hydrogens is 1890 g/mol. The lowest BCUT2D eigenvalue weighted by atomic mass is 9.98. The van der Waals surface area contributed by atoms with Gasteiger partial charge in [0.2, 0.25) is 11.6 Å². The summed E-state index contributed by atoms with van der Waals surface area (Å²) in [4.78, 5) is 12.1. The number of halogens is 11. The van der Waals surface area contributed by atoms with Crippen molar-refractivity contribution in [3.63, 3.8) is 0 Å². The van der Waals surface area contributed by atoms with Gasteiger partial charge in [-0.15, -0.1) is 0 Å². The summed E-state index contributed by atoms with van der Waals surface area (Å²) in [5, 5.41) is 149. The van der Waals surface area contributed by atoms with Crippen molar-refractivity contribution >= 4 is 56.0 Å². The molecule has 0 spiro atoms. The van der Waals surface area contributed by atoms with Gasteiger partial charge in [-0.1, -0.05) is 154 Å². The lowest BCUT2D eigenvalue weighted by molar-refractivity contribution is 0.122. The molecule has 23 nitrogen and oxygen atoms in total. The number of aryl methyl sites for hydroxylation is 1. The van der Waals surface area contributed by atoms with Gasteiger partial charge in [0, 0.05) is 31.3 Å².